The quantitative estimate of drug-likeness (QED) is 0.810. The molecule has 0 saturated carbocycles. The zero-order valence-electron chi connectivity index (χ0n) is 9.39. The van der Waals surface area contributed by atoms with Gasteiger partial charge in [-0.05, 0) is 18.2 Å². The van der Waals surface area contributed by atoms with Crippen LogP contribution in [0.5, 0.6) is 0 Å². The summed E-state index contributed by atoms with van der Waals surface area (Å²) < 4.78 is 13.2. The van der Waals surface area contributed by atoms with Gasteiger partial charge >= 0.3 is 0 Å². The second kappa shape index (κ2) is 4.74. The van der Waals surface area contributed by atoms with Gasteiger partial charge in [0.25, 0.3) is 0 Å². The Morgan fingerprint density at radius 2 is 2.24 bits per heavy atom. The summed E-state index contributed by atoms with van der Waals surface area (Å²) in [6, 6.07) is 6.47. The number of nitriles is 1. The summed E-state index contributed by atoms with van der Waals surface area (Å²) in [4.78, 5) is 10.0. The van der Waals surface area contributed by atoms with Crippen LogP contribution >= 0.6 is 0 Å². The number of nitrogens with zero attached hydrogens (tertiary/aromatic N) is 4. The number of fused-ring (bicyclic) bond motifs is 1. The predicted molar refractivity (Wildman–Crippen MR) is 63.0 cm³/mol. The Hall–Kier alpha value is -2.22. The van der Waals surface area contributed by atoms with Crippen LogP contribution in [0.4, 0.5) is 10.2 Å². The molecule has 0 aliphatic heterocycles. The van der Waals surface area contributed by atoms with Crippen LogP contribution in [-0.4, -0.2) is 23.6 Å². The highest BCUT2D eigenvalue weighted by Crippen LogP contribution is 2.22. The lowest BCUT2D eigenvalue weighted by Crippen LogP contribution is -2.19. The number of halogens is 1. The first-order chi connectivity index (χ1) is 8.22. The summed E-state index contributed by atoms with van der Waals surface area (Å²) in [7, 11) is 1.82. The summed E-state index contributed by atoms with van der Waals surface area (Å²) in [6.07, 6.45) is 1.84. The van der Waals surface area contributed by atoms with Gasteiger partial charge in [0.1, 0.15) is 18.0 Å². The molecule has 1 heterocycles. The van der Waals surface area contributed by atoms with Gasteiger partial charge in [0, 0.05) is 19.0 Å². The maximum Gasteiger partial charge on any atom is 0.139 e. The topological polar surface area (TPSA) is 52.8 Å². The summed E-state index contributed by atoms with van der Waals surface area (Å²) in [5, 5.41) is 9.21. The molecule has 0 amide bonds. The van der Waals surface area contributed by atoms with E-state index < -0.39 is 0 Å². The second-order valence-corrected chi connectivity index (χ2v) is 3.69. The van der Waals surface area contributed by atoms with Gasteiger partial charge in [0.2, 0.25) is 0 Å². The second-order valence-electron chi connectivity index (χ2n) is 3.69. The van der Waals surface area contributed by atoms with E-state index in [9.17, 15) is 4.39 Å². The van der Waals surface area contributed by atoms with E-state index >= 15 is 0 Å². The molecule has 86 valence electrons. The van der Waals surface area contributed by atoms with Crippen LogP contribution in [0.25, 0.3) is 10.9 Å². The van der Waals surface area contributed by atoms with Gasteiger partial charge in [-0.2, -0.15) is 5.26 Å². The normalized spacial score (nSPS) is 10.2. The summed E-state index contributed by atoms with van der Waals surface area (Å²) >= 11 is 0. The van der Waals surface area contributed by atoms with Crippen molar-refractivity contribution in [2.45, 2.75) is 6.42 Å². The number of hydrogen-bond acceptors (Lipinski definition) is 4. The molecule has 0 unspecified atom stereocenters. The monoisotopic (exact) mass is 230 g/mol. The van der Waals surface area contributed by atoms with Gasteiger partial charge in [-0.25, -0.2) is 14.4 Å². The highest BCUT2D eigenvalue weighted by molar-refractivity contribution is 5.89. The van der Waals surface area contributed by atoms with Gasteiger partial charge < -0.3 is 4.90 Å². The summed E-state index contributed by atoms with van der Waals surface area (Å²) in [5.74, 6) is 0.326. The van der Waals surface area contributed by atoms with Crippen LogP contribution in [0, 0.1) is 17.1 Å². The molecule has 0 aliphatic rings. The van der Waals surface area contributed by atoms with Crippen molar-refractivity contribution in [3.8, 4) is 6.07 Å². The lowest BCUT2D eigenvalue weighted by Gasteiger charge is -2.17. The summed E-state index contributed by atoms with van der Waals surface area (Å²) in [5.41, 5.74) is 0.695. The van der Waals surface area contributed by atoms with Crippen molar-refractivity contribution in [1.82, 2.24) is 9.97 Å². The lowest BCUT2D eigenvalue weighted by atomic mass is 10.2. The maximum atomic E-state index is 13.2. The fourth-order valence-electron chi connectivity index (χ4n) is 1.64. The van der Waals surface area contributed by atoms with Crippen molar-refractivity contribution in [3.63, 3.8) is 0 Å². The van der Waals surface area contributed by atoms with Crippen molar-refractivity contribution < 1.29 is 4.39 Å². The van der Waals surface area contributed by atoms with Crippen LogP contribution in [-0.2, 0) is 0 Å². The average Bonchev–Trinajstić information content (AvgIpc) is 2.35. The van der Waals surface area contributed by atoms with Crippen molar-refractivity contribution in [3.05, 3.63) is 30.3 Å². The van der Waals surface area contributed by atoms with E-state index in [1.165, 1.54) is 18.5 Å². The van der Waals surface area contributed by atoms with Gasteiger partial charge in [-0.1, -0.05) is 0 Å². The molecule has 0 saturated heterocycles. The fraction of sp³-hybridized carbons (Fsp3) is 0.250. The highest BCUT2D eigenvalue weighted by atomic mass is 19.1. The third-order valence-electron chi connectivity index (χ3n) is 2.50. The van der Waals surface area contributed by atoms with Crippen molar-refractivity contribution in [1.29, 1.82) is 5.26 Å². The van der Waals surface area contributed by atoms with Crippen molar-refractivity contribution in [2.24, 2.45) is 0 Å². The first-order valence-electron chi connectivity index (χ1n) is 5.20. The molecular formula is C12H11FN4. The SMILES string of the molecule is CN(CCC#N)c1ncnc2ccc(F)cc12. The smallest absolute Gasteiger partial charge is 0.139 e. The molecule has 2 aromatic rings. The fourth-order valence-corrected chi connectivity index (χ4v) is 1.64. The summed E-state index contributed by atoms with van der Waals surface area (Å²) in [6.45, 7) is 0.555. The van der Waals surface area contributed by atoms with Gasteiger partial charge in [-0.15, -0.1) is 0 Å². The zero-order valence-corrected chi connectivity index (χ0v) is 9.39. The Morgan fingerprint density at radius 1 is 1.41 bits per heavy atom. The largest absolute Gasteiger partial charge is 0.358 e. The van der Waals surface area contributed by atoms with Crippen molar-refractivity contribution in [2.75, 3.05) is 18.5 Å². The van der Waals surface area contributed by atoms with E-state index in [0.29, 0.717) is 29.7 Å². The van der Waals surface area contributed by atoms with Gasteiger partial charge in [0.15, 0.2) is 0 Å². The number of rotatable bonds is 3. The molecule has 0 aliphatic carbocycles. The Morgan fingerprint density at radius 3 is 3.00 bits per heavy atom. The van der Waals surface area contributed by atoms with Crippen LogP contribution in [0.3, 0.4) is 0 Å². The Labute approximate surface area is 98.3 Å². The van der Waals surface area contributed by atoms with E-state index in [1.54, 1.807) is 6.07 Å². The average molecular weight is 230 g/mol. The van der Waals surface area contributed by atoms with E-state index in [0.717, 1.165) is 0 Å². The third kappa shape index (κ3) is 2.31. The number of hydrogen-bond donors (Lipinski definition) is 0. The molecule has 0 N–H and O–H groups in total. The molecule has 0 fully saturated rings. The minimum absolute atomic E-state index is 0.317. The first-order valence-corrected chi connectivity index (χ1v) is 5.20. The Balaban J connectivity index is 2.46. The molecule has 5 heteroatoms. The van der Waals surface area contributed by atoms with Crippen LogP contribution in [0.15, 0.2) is 24.5 Å². The zero-order chi connectivity index (χ0) is 12.3. The molecule has 0 spiro atoms. The Bertz CT molecular complexity index is 576. The molecule has 4 nitrogen and oxygen atoms in total. The number of benzene rings is 1. The molecule has 17 heavy (non-hydrogen) atoms. The molecule has 0 radical (unpaired) electrons. The van der Waals surface area contributed by atoms with Gasteiger partial charge in [0.05, 0.1) is 18.0 Å². The number of aromatic nitrogens is 2. The molecular weight excluding hydrogens is 219 g/mol. The van der Waals surface area contributed by atoms with E-state index in [2.05, 4.69) is 16.0 Å². The van der Waals surface area contributed by atoms with Crippen LogP contribution in [0.1, 0.15) is 6.42 Å². The molecule has 1 aromatic carbocycles. The molecule has 0 atom stereocenters. The number of anilines is 1. The molecule has 0 bridgehead atoms. The molecule has 2 rings (SSSR count). The first kappa shape index (κ1) is 11.3. The Kier molecular flexibility index (Phi) is 3.15. The molecule has 1 aromatic heterocycles. The van der Waals surface area contributed by atoms with Crippen molar-refractivity contribution >= 4 is 16.7 Å². The van der Waals surface area contributed by atoms with Gasteiger partial charge in [-0.3, -0.25) is 0 Å². The minimum Gasteiger partial charge on any atom is -0.358 e. The minimum atomic E-state index is -0.317. The van der Waals surface area contributed by atoms with E-state index in [4.69, 9.17) is 5.26 Å². The third-order valence-corrected chi connectivity index (χ3v) is 2.50. The highest BCUT2D eigenvalue weighted by Gasteiger charge is 2.08. The van der Waals surface area contributed by atoms with Crippen LogP contribution < -0.4 is 4.90 Å². The predicted octanol–water partition coefficient (Wildman–Crippen LogP) is 2.12. The maximum absolute atomic E-state index is 13.2. The van der Waals surface area contributed by atoms with E-state index in [1.807, 2.05) is 11.9 Å². The van der Waals surface area contributed by atoms with E-state index in [-0.39, 0.29) is 5.82 Å². The lowest BCUT2D eigenvalue weighted by molar-refractivity contribution is 0.629. The standard InChI is InChI=1S/C12H11FN4/c1-17(6-2-5-14)12-10-7-9(13)3-4-11(10)15-8-16-12/h3-4,7-8H,2,6H2,1H3. The van der Waals surface area contributed by atoms with Crippen LogP contribution in [0.2, 0.25) is 0 Å².